The van der Waals surface area contributed by atoms with Crippen LogP contribution in [0.25, 0.3) is 11.1 Å². The lowest BCUT2D eigenvalue weighted by atomic mass is 9.95. The molecule has 3 nitrogen and oxygen atoms in total. The summed E-state index contributed by atoms with van der Waals surface area (Å²) < 4.78 is 13.3. The Kier molecular flexibility index (Phi) is 3.92. The van der Waals surface area contributed by atoms with E-state index in [0.29, 0.717) is 5.56 Å². The molecule has 2 rings (SSSR count). The van der Waals surface area contributed by atoms with Crippen molar-refractivity contribution < 1.29 is 14.3 Å². The molecule has 0 aliphatic heterocycles. The molecule has 0 aromatic heterocycles. The van der Waals surface area contributed by atoms with Gasteiger partial charge in [0.25, 0.3) is 0 Å². The maximum Gasteiger partial charge on any atom is 0.320 e. The standard InChI is InChI=1S/C15H14FNO2/c16-12-6-3-5-10(8-12)13-7-2-1-4-11(13)9-14(17)15(18)19/h1-8,14H,9,17H2,(H,18,19). The van der Waals surface area contributed by atoms with Crippen LogP contribution in [0, 0.1) is 5.82 Å². The Labute approximate surface area is 110 Å². The molecule has 2 aromatic rings. The van der Waals surface area contributed by atoms with E-state index in [1.54, 1.807) is 12.1 Å². The van der Waals surface area contributed by atoms with Crippen molar-refractivity contribution in [3.05, 3.63) is 59.9 Å². The van der Waals surface area contributed by atoms with Gasteiger partial charge in [-0.05, 0) is 35.2 Å². The van der Waals surface area contributed by atoms with E-state index in [1.807, 2.05) is 24.3 Å². The van der Waals surface area contributed by atoms with Gasteiger partial charge < -0.3 is 10.8 Å². The van der Waals surface area contributed by atoms with E-state index < -0.39 is 12.0 Å². The molecule has 3 N–H and O–H groups in total. The van der Waals surface area contributed by atoms with Crippen LogP contribution in [0.1, 0.15) is 5.56 Å². The summed E-state index contributed by atoms with van der Waals surface area (Å²) in [5.41, 5.74) is 7.87. The minimum absolute atomic E-state index is 0.210. The average Bonchev–Trinajstić information content (AvgIpc) is 2.39. The van der Waals surface area contributed by atoms with E-state index in [1.165, 1.54) is 12.1 Å². The van der Waals surface area contributed by atoms with Crippen molar-refractivity contribution in [2.45, 2.75) is 12.5 Å². The molecule has 0 amide bonds. The van der Waals surface area contributed by atoms with Crippen LogP contribution in [0.3, 0.4) is 0 Å². The van der Waals surface area contributed by atoms with Crippen LogP contribution < -0.4 is 5.73 Å². The molecular weight excluding hydrogens is 245 g/mol. The van der Waals surface area contributed by atoms with Crippen molar-refractivity contribution in [3.63, 3.8) is 0 Å². The van der Waals surface area contributed by atoms with E-state index in [4.69, 9.17) is 10.8 Å². The van der Waals surface area contributed by atoms with Crippen LogP contribution in [-0.2, 0) is 11.2 Å². The maximum absolute atomic E-state index is 13.3. The second-order valence-electron chi connectivity index (χ2n) is 4.32. The van der Waals surface area contributed by atoms with E-state index in [9.17, 15) is 9.18 Å². The fourth-order valence-corrected chi connectivity index (χ4v) is 1.96. The van der Waals surface area contributed by atoms with E-state index in [0.717, 1.165) is 11.1 Å². The molecule has 2 aromatic carbocycles. The van der Waals surface area contributed by atoms with Crippen molar-refractivity contribution in [2.75, 3.05) is 0 Å². The monoisotopic (exact) mass is 259 g/mol. The number of halogens is 1. The Balaban J connectivity index is 2.39. The highest BCUT2D eigenvalue weighted by atomic mass is 19.1. The first-order valence-electron chi connectivity index (χ1n) is 5.90. The number of nitrogens with two attached hydrogens (primary N) is 1. The summed E-state index contributed by atoms with van der Waals surface area (Å²) in [5.74, 6) is -1.37. The smallest absolute Gasteiger partial charge is 0.320 e. The van der Waals surface area contributed by atoms with E-state index >= 15 is 0 Å². The fraction of sp³-hybridized carbons (Fsp3) is 0.133. The number of carboxylic acid groups (broad SMARTS) is 1. The van der Waals surface area contributed by atoms with Crippen LogP contribution in [0.4, 0.5) is 4.39 Å². The first-order chi connectivity index (χ1) is 9.08. The van der Waals surface area contributed by atoms with Crippen LogP contribution >= 0.6 is 0 Å². The molecular formula is C15H14FNO2. The Bertz CT molecular complexity index is 598. The van der Waals surface area contributed by atoms with Crippen LogP contribution in [0.2, 0.25) is 0 Å². The fourth-order valence-electron chi connectivity index (χ4n) is 1.96. The molecule has 1 unspecified atom stereocenters. The second-order valence-corrected chi connectivity index (χ2v) is 4.32. The molecule has 19 heavy (non-hydrogen) atoms. The normalized spacial score (nSPS) is 12.1. The zero-order valence-corrected chi connectivity index (χ0v) is 10.2. The molecule has 0 saturated heterocycles. The quantitative estimate of drug-likeness (QED) is 0.886. The maximum atomic E-state index is 13.3. The molecule has 0 aliphatic rings. The lowest BCUT2D eigenvalue weighted by molar-refractivity contribution is -0.138. The van der Waals surface area contributed by atoms with Gasteiger partial charge in [-0.1, -0.05) is 36.4 Å². The summed E-state index contributed by atoms with van der Waals surface area (Å²) in [5, 5.41) is 8.86. The largest absolute Gasteiger partial charge is 0.480 e. The van der Waals surface area contributed by atoms with Crippen LogP contribution in [0.5, 0.6) is 0 Å². The highest BCUT2D eigenvalue weighted by Crippen LogP contribution is 2.25. The van der Waals surface area contributed by atoms with Gasteiger partial charge >= 0.3 is 5.97 Å². The number of hydrogen-bond acceptors (Lipinski definition) is 2. The van der Waals surface area contributed by atoms with Crippen LogP contribution in [-0.4, -0.2) is 17.1 Å². The van der Waals surface area contributed by atoms with Gasteiger partial charge in [-0.15, -0.1) is 0 Å². The molecule has 0 aliphatic carbocycles. The minimum Gasteiger partial charge on any atom is -0.480 e. The molecule has 0 spiro atoms. The summed E-state index contributed by atoms with van der Waals surface area (Å²) in [6.07, 6.45) is 0.210. The number of rotatable bonds is 4. The Morgan fingerprint density at radius 2 is 1.95 bits per heavy atom. The SMILES string of the molecule is NC(Cc1ccccc1-c1cccc(F)c1)C(=O)O. The van der Waals surface area contributed by atoms with Crippen molar-refractivity contribution in [2.24, 2.45) is 5.73 Å². The molecule has 0 saturated carbocycles. The van der Waals surface area contributed by atoms with Gasteiger partial charge in [-0.25, -0.2) is 4.39 Å². The first-order valence-corrected chi connectivity index (χ1v) is 5.90. The Morgan fingerprint density at radius 3 is 2.63 bits per heavy atom. The van der Waals surface area contributed by atoms with Gasteiger partial charge in [0, 0.05) is 0 Å². The average molecular weight is 259 g/mol. The van der Waals surface area contributed by atoms with Gasteiger partial charge in [0.1, 0.15) is 11.9 Å². The number of hydrogen-bond donors (Lipinski definition) is 2. The highest BCUT2D eigenvalue weighted by Gasteiger charge is 2.15. The lowest BCUT2D eigenvalue weighted by Crippen LogP contribution is -2.32. The third-order valence-corrected chi connectivity index (χ3v) is 2.91. The van der Waals surface area contributed by atoms with Gasteiger partial charge in [-0.2, -0.15) is 0 Å². The van der Waals surface area contributed by atoms with Gasteiger partial charge in [0.2, 0.25) is 0 Å². The summed E-state index contributed by atoms with van der Waals surface area (Å²) in [6, 6.07) is 12.5. The zero-order valence-electron chi connectivity index (χ0n) is 10.2. The molecule has 4 heteroatoms. The van der Waals surface area contributed by atoms with Crippen LogP contribution in [0.15, 0.2) is 48.5 Å². The Morgan fingerprint density at radius 1 is 1.21 bits per heavy atom. The third-order valence-electron chi connectivity index (χ3n) is 2.91. The van der Waals surface area contributed by atoms with E-state index in [-0.39, 0.29) is 12.2 Å². The Hall–Kier alpha value is -2.20. The molecule has 1 atom stereocenters. The first kappa shape index (κ1) is 13.2. The summed E-state index contributed by atoms with van der Waals surface area (Å²) in [7, 11) is 0. The minimum atomic E-state index is -1.05. The molecule has 0 heterocycles. The number of benzene rings is 2. The molecule has 0 fully saturated rings. The number of aliphatic carboxylic acids is 1. The van der Waals surface area contributed by atoms with Gasteiger partial charge in [-0.3, -0.25) is 4.79 Å². The summed E-state index contributed by atoms with van der Waals surface area (Å²) in [6.45, 7) is 0. The summed E-state index contributed by atoms with van der Waals surface area (Å²) in [4.78, 5) is 10.8. The second kappa shape index (κ2) is 5.63. The predicted molar refractivity (Wildman–Crippen MR) is 71.2 cm³/mol. The third kappa shape index (κ3) is 3.17. The molecule has 0 radical (unpaired) electrons. The highest BCUT2D eigenvalue weighted by molar-refractivity contribution is 5.75. The lowest BCUT2D eigenvalue weighted by Gasteiger charge is -2.12. The topological polar surface area (TPSA) is 63.3 Å². The molecule has 0 bridgehead atoms. The molecule has 98 valence electrons. The van der Waals surface area contributed by atoms with Crippen molar-refractivity contribution >= 4 is 5.97 Å². The van der Waals surface area contributed by atoms with Gasteiger partial charge in [0.05, 0.1) is 0 Å². The van der Waals surface area contributed by atoms with E-state index in [2.05, 4.69) is 0 Å². The number of carboxylic acids is 1. The van der Waals surface area contributed by atoms with Crippen molar-refractivity contribution in [1.29, 1.82) is 0 Å². The zero-order chi connectivity index (χ0) is 13.8. The van der Waals surface area contributed by atoms with Crippen molar-refractivity contribution in [1.82, 2.24) is 0 Å². The van der Waals surface area contributed by atoms with Gasteiger partial charge in [0.15, 0.2) is 0 Å². The van der Waals surface area contributed by atoms with Crippen molar-refractivity contribution in [3.8, 4) is 11.1 Å². The summed E-state index contributed by atoms with van der Waals surface area (Å²) >= 11 is 0. The predicted octanol–water partition coefficient (Wildman–Crippen LogP) is 2.45. The number of carbonyl (C=O) groups is 1.